The summed E-state index contributed by atoms with van der Waals surface area (Å²) < 4.78 is 5.74. The van der Waals surface area contributed by atoms with Crippen LogP contribution in [0.1, 0.15) is 45.4 Å². The minimum atomic E-state index is -1.03. The van der Waals surface area contributed by atoms with Crippen molar-refractivity contribution in [1.29, 1.82) is 0 Å². The minimum absolute atomic E-state index is 0.805. The van der Waals surface area contributed by atoms with Crippen molar-refractivity contribution in [2.75, 3.05) is 18.0 Å². The van der Waals surface area contributed by atoms with E-state index >= 15 is 0 Å². The molecule has 1 aliphatic heterocycles. The van der Waals surface area contributed by atoms with Gasteiger partial charge in [0.2, 0.25) is 0 Å². The van der Waals surface area contributed by atoms with Crippen LogP contribution in [0.5, 0.6) is 0 Å². The maximum absolute atomic E-state index is 10.4. The molecule has 6 heteroatoms. The lowest BCUT2D eigenvalue weighted by molar-refractivity contribution is -0.0982. The molecule has 118 valence electrons. The van der Waals surface area contributed by atoms with E-state index < -0.39 is 18.3 Å². The fourth-order valence-electron chi connectivity index (χ4n) is 2.31. The van der Waals surface area contributed by atoms with E-state index in [1.54, 1.807) is 39.0 Å². The van der Waals surface area contributed by atoms with Gasteiger partial charge >= 0.3 is 7.12 Å². The predicted molar refractivity (Wildman–Crippen MR) is 89.6 cm³/mol. The van der Waals surface area contributed by atoms with Crippen LogP contribution in [0, 0.1) is 6.92 Å². The number of aryl methyl sites for hydroxylation is 1. The first-order valence-electron chi connectivity index (χ1n) is 7.55. The molecule has 1 aromatic heterocycles. The Labute approximate surface area is 131 Å². The number of thiophene rings is 1. The zero-order chi connectivity index (χ0) is 15.8. The van der Waals surface area contributed by atoms with Crippen LogP contribution in [-0.2, 0) is 4.65 Å². The SMILES string of the molecule is Cc1sc(N2CCCC2)cc1B(O)OC(C)(C)C(C)(C)O. The van der Waals surface area contributed by atoms with Crippen molar-refractivity contribution < 1.29 is 14.8 Å². The van der Waals surface area contributed by atoms with Gasteiger partial charge in [-0.15, -0.1) is 11.3 Å². The molecule has 0 atom stereocenters. The van der Waals surface area contributed by atoms with Crippen molar-refractivity contribution in [3.05, 3.63) is 10.9 Å². The summed E-state index contributed by atoms with van der Waals surface area (Å²) in [6.07, 6.45) is 2.47. The van der Waals surface area contributed by atoms with Gasteiger partial charge in [-0.25, -0.2) is 0 Å². The van der Waals surface area contributed by atoms with Crippen LogP contribution in [0.15, 0.2) is 6.07 Å². The third-order valence-corrected chi connectivity index (χ3v) is 5.63. The van der Waals surface area contributed by atoms with E-state index in [4.69, 9.17) is 4.65 Å². The molecule has 0 unspecified atom stereocenters. The molecule has 2 heterocycles. The van der Waals surface area contributed by atoms with Crippen molar-refractivity contribution in [1.82, 2.24) is 0 Å². The Morgan fingerprint density at radius 2 is 1.81 bits per heavy atom. The molecule has 21 heavy (non-hydrogen) atoms. The number of hydrogen-bond acceptors (Lipinski definition) is 5. The molecule has 1 aromatic rings. The van der Waals surface area contributed by atoms with E-state index in [1.807, 2.05) is 13.0 Å². The lowest BCUT2D eigenvalue weighted by Crippen LogP contribution is -2.53. The van der Waals surface area contributed by atoms with Crippen molar-refractivity contribution in [3.63, 3.8) is 0 Å². The molecule has 0 spiro atoms. The Morgan fingerprint density at radius 3 is 2.33 bits per heavy atom. The monoisotopic (exact) mass is 311 g/mol. The van der Waals surface area contributed by atoms with Crippen LogP contribution in [-0.4, -0.2) is 41.5 Å². The number of nitrogens with zero attached hydrogens (tertiary/aromatic N) is 1. The van der Waals surface area contributed by atoms with Gasteiger partial charge in [0.05, 0.1) is 16.2 Å². The number of anilines is 1. The molecule has 2 N–H and O–H groups in total. The smallest absolute Gasteiger partial charge is 0.423 e. The molecule has 0 aromatic carbocycles. The molecule has 0 saturated carbocycles. The first kappa shape index (κ1) is 16.8. The Bertz CT molecular complexity index is 490. The highest BCUT2D eigenvalue weighted by Gasteiger charge is 2.40. The standard InChI is InChI=1S/C15H26BNO3S/c1-11-12(10-13(21-11)17-8-6-7-9-17)16(19)20-15(4,5)14(2,3)18/h10,18-19H,6-9H2,1-5H3. The molecule has 0 aliphatic carbocycles. The second-order valence-corrected chi connectivity index (χ2v) is 8.06. The number of rotatable bonds is 5. The largest absolute Gasteiger partial charge is 0.492 e. The maximum atomic E-state index is 10.4. The zero-order valence-electron chi connectivity index (χ0n) is 13.6. The van der Waals surface area contributed by atoms with Gasteiger partial charge in [0, 0.05) is 18.0 Å². The number of hydrogen-bond donors (Lipinski definition) is 2. The lowest BCUT2D eigenvalue weighted by atomic mass is 9.76. The average Bonchev–Trinajstić information content (AvgIpc) is 2.94. The van der Waals surface area contributed by atoms with Crippen molar-refractivity contribution in [3.8, 4) is 0 Å². The molecule has 0 amide bonds. The summed E-state index contributed by atoms with van der Waals surface area (Å²) in [6.45, 7) is 11.1. The highest BCUT2D eigenvalue weighted by Crippen LogP contribution is 2.29. The zero-order valence-corrected chi connectivity index (χ0v) is 14.5. The normalized spacial score (nSPS) is 16.6. The van der Waals surface area contributed by atoms with Crippen LogP contribution < -0.4 is 10.4 Å². The summed E-state index contributed by atoms with van der Waals surface area (Å²) in [4.78, 5) is 3.42. The Balaban J connectivity index is 2.14. The van der Waals surface area contributed by atoms with Gasteiger partial charge in [-0.3, -0.25) is 0 Å². The van der Waals surface area contributed by atoms with Gasteiger partial charge in [0.25, 0.3) is 0 Å². The molecule has 4 nitrogen and oxygen atoms in total. The second-order valence-electron chi connectivity index (χ2n) is 6.83. The van der Waals surface area contributed by atoms with E-state index in [9.17, 15) is 10.1 Å². The predicted octanol–water partition coefficient (Wildman–Crippen LogP) is 1.91. The molecule has 1 fully saturated rings. The second kappa shape index (κ2) is 5.91. The van der Waals surface area contributed by atoms with Crippen LogP contribution in [0.25, 0.3) is 0 Å². The molecular weight excluding hydrogens is 285 g/mol. The molecule has 0 radical (unpaired) electrons. The molecule has 1 saturated heterocycles. The third kappa shape index (κ3) is 3.62. The van der Waals surface area contributed by atoms with Gasteiger partial charge in [0.15, 0.2) is 0 Å². The minimum Gasteiger partial charge on any atom is -0.423 e. The van der Waals surface area contributed by atoms with Gasteiger partial charge in [-0.1, -0.05) is 0 Å². The lowest BCUT2D eigenvalue weighted by Gasteiger charge is -2.38. The summed E-state index contributed by atoms with van der Waals surface area (Å²) in [7, 11) is -1.01. The first-order chi connectivity index (χ1) is 9.62. The topological polar surface area (TPSA) is 52.9 Å². The molecule has 1 aliphatic rings. The molecule has 0 bridgehead atoms. The van der Waals surface area contributed by atoms with Crippen molar-refractivity contribution >= 4 is 28.9 Å². The summed E-state index contributed by atoms with van der Waals surface area (Å²) >= 11 is 1.70. The van der Waals surface area contributed by atoms with Crippen molar-refractivity contribution in [2.24, 2.45) is 0 Å². The Morgan fingerprint density at radius 1 is 1.24 bits per heavy atom. The summed E-state index contributed by atoms with van der Waals surface area (Å²) in [5.74, 6) is 0. The van der Waals surface area contributed by atoms with Crippen LogP contribution in [0.3, 0.4) is 0 Å². The summed E-state index contributed by atoms with van der Waals surface area (Å²) in [5.41, 5.74) is -1.07. The van der Waals surface area contributed by atoms with E-state index in [1.165, 1.54) is 17.8 Å². The van der Waals surface area contributed by atoms with Gasteiger partial charge < -0.3 is 19.7 Å². The quantitative estimate of drug-likeness (QED) is 0.816. The van der Waals surface area contributed by atoms with Crippen LogP contribution in [0.4, 0.5) is 5.00 Å². The average molecular weight is 311 g/mol. The van der Waals surface area contributed by atoms with E-state index in [2.05, 4.69) is 4.90 Å². The summed E-state index contributed by atoms with van der Waals surface area (Å²) in [6, 6.07) is 2.02. The maximum Gasteiger partial charge on any atom is 0.492 e. The van der Waals surface area contributed by atoms with E-state index in [0.717, 1.165) is 23.4 Å². The summed E-state index contributed by atoms with van der Waals surface area (Å²) in [5, 5.41) is 21.8. The van der Waals surface area contributed by atoms with Crippen molar-refractivity contribution in [2.45, 2.75) is 58.7 Å². The van der Waals surface area contributed by atoms with E-state index in [0.29, 0.717) is 0 Å². The first-order valence-corrected chi connectivity index (χ1v) is 8.37. The number of aliphatic hydroxyl groups is 1. The fraction of sp³-hybridized carbons (Fsp3) is 0.733. The van der Waals surface area contributed by atoms with Gasteiger partial charge in [-0.2, -0.15) is 0 Å². The highest BCUT2D eigenvalue weighted by molar-refractivity contribution is 7.17. The van der Waals surface area contributed by atoms with Crippen LogP contribution >= 0.6 is 11.3 Å². The van der Waals surface area contributed by atoms with E-state index in [-0.39, 0.29) is 0 Å². The van der Waals surface area contributed by atoms with Gasteiger partial charge in [0.1, 0.15) is 0 Å². The Kier molecular flexibility index (Phi) is 4.73. The highest BCUT2D eigenvalue weighted by atomic mass is 32.1. The third-order valence-electron chi connectivity index (χ3n) is 4.51. The Hall–Kier alpha value is -0.555. The van der Waals surface area contributed by atoms with Gasteiger partial charge in [-0.05, 0) is 59.0 Å². The fourth-order valence-corrected chi connectivity index (χ4v) is 3.39. The molecule has 2 rings (SSSR count). The molecular formula is C15H26BNO3S. The van der Waals surface area contributed by atoms with Crippen LogP contribution in [0.2, 0.25) is 0 Å².